The lowest BCUT2D eigenvalue weighted by Gasteiger charge is -2.28. The second kappa shape index (κ2) is 8.84. The van der Waals surface area contributed by atoms with Crippen molar-refractivity contribution in [2.75, 3.05) is 23.4 Å². The van der Waals surface area contributed by atoms with E-state index >= 15 is 0 Å². The molecule has 1 aliphatic rings. The summed E-state index contributed by atoms with van der Waals surface area (Å²) < 4.78 is 44.7. The molecule has 172 valence electrons. The van der Waals surface area contributed by atoms with E-state index in [4.69, 9.17) is 4.74 Å². The van der Waals surface area contributed by atoms with Crippen molar-refractivity contribution in [2.24, 2.45) is 11.3 Å². The summed E-state index contributed by atoms with van der Waals surface area (Å²) in [5.41, 5.74) is -0.750. The molecule has 5 nitrogen and oxygen atoms in total. The number of alkyl halides is 3. The molecular weight excluding hydrogens is 421 g/mol. The number of fused-ring (bicyclic) bond motifs is 1. The number of ether oxygens (including phenoxy) is 1. The van der Waals surface area contributed by atoms with Crippen molar-refractivity contribution < 1.29 is 27.5 Å². The number of nitrogens with zero attached hydrogens (tertiary/aromatic N) is 1. The van der Waals surface area contributed by atoms with Gasteiger partial charge in [0.25, 0.3) is 5.91 Å². The molecule has 1 heterocycles. The minimum absolute atomic E-state index is 0.0438. The van der Waals surface area contributed by atoms with E-state index in [-0.39, 0.29) is 18.1 Å². The van der Waals surface area contributed by atoms with E-state index in [9.17, 15) is 22.8 Å². The number of benzene rings is 2. The Bertz CT molecular complexity index is 1020. The second-order valence-electron chi connectivity index (χ2n) is 9.03. The largest absolute Gasteiger partial charge is 0.490 e. The topological polar surface area (TPSA) is 58.6 Å². The molecule has 0 spiro atoms. The van der Waals surface area contributed by atoms with Crippen LogP contribution in [-0.4, -0.2) is 25.0 Å². The molecule has 2 aromatic carbocycles. The fraction of sp³-hybridized carbons (Fsp3) is 0.417. The van der Waals surface area contributed by atoms with Gasteiger partial charge in [-0.3, -0.25) is 9.59 Å². The first-order chi connectivity index (χ1) is 14.9. The number of rotatable bonds is 5. The smallest absolute Gasteiger partial charge is 0.416 e. The van der Waals surface area contributed by atoms with Gasteiger partial charge in [-0.15, -0.1) is 0 Å². The van der Waals surface area contributed by atoms with Crippen LogP contribution in [0.3, 0.4) is 0 Å². The Morgan fingerprint density at radius 3 is 2.56 bits per heavy atom. The SMILES string of the molecule is CC(C)CCN1C(=O)C(C)(C)COc2cc(NC(=O)c3cccc(C(F)(F)F)c3)ccc21. The van der Waals surface area contributed by atoms with Crippen LogP contribution >= 0.6 is 0 Å². The molecular formula is C24H27F3N2O3. The van der Waals surface area contributed by atoms with Crippen LogP contribution in [0.2, 0.25) is 0 Å². The van der Waals surface area contributed by atoms with Crippen LogP contribution in [0.15, 0.2) is 42.5 Å². The highest BCUT2D eigenvalue weighted by Crippen LogP contribution is 2.38. The minimum Gasteiger partial charge on any atom is -0.490 e. The van der Waals surface area contributed by atoms with E-state index in [2.05, 4.69) is 19.2 Å². The summed E-state index contributed by atoms with van der Waals surface area (Å²) in [5, 5.41) is 2.61. The van der Waals surface area contributed by atoms with Crippen LogP contribution < -0.4 is 15.0 Å². The number of anilines is 2. The summed E-state index contributed by atoms with van der Waals surface area (Å²) in [6.07, 6.45) is -3.72. The first kappa shape index (κ1) is 23.6. The molecule has 0 bridgehead atoms. The minimum atomic E-state index is -4.53. The molecule has 0 saturated heterocycles. The average molecular weight is 448 g/mol. The van der Waals surface area contributed by atoms with Crippen LogP contribution in [-0.2, 0) is 11.0 Å². The van der Waals surface area contributed by atoms with Gasteiger partial charge in [-0.1, -0.05) is 19.9 Å². The molecule has 3 rings (SSSR count). The Hall–Kier alpha value is -3.03. The molecule has 0 radical (unpaired) electrons. The Labute approximate surface area is 185 Å². The highest BCUT2D eigenvalue weighted by atomic mass is 19.4. The summed E-state index contributed by atoms with van der Waals surface area (Å²) in [7, 11) is 0. The van der Waals surface area contributed by atoms with Crippen molar-refractivity contribution in [1.29, 1.82) is 0 Å². The molecule has 1 aliphatic heterocycles. The van der Waals surface area contributed by atoms with Gasteiger partial charge in [-0.05, 0) is 56.5 Å². The van der Waals surface area contributed by atoms with Gasteiger partial charge in [-0.2, -0.15) is 13.2 Å². The van der Waals surface area contributed by atoms with E-state index in [1.165, 1.54) is 12.1 Å². The number of carbonyl (C=O) groups excluding carboxylic acids is 2. The number of amides is 2. The van der Waals surface area contributed by atoms with Crippen molar-refractivity contribution in [1.82, 2.24) is 0 Å². The second-order valence-corrected chi connectivity index (χ2v) is 9.03. The summed E-state index contributed by atoms with van der Waals surface area (Å²) in [5.74, 6) is 0.134. The molecule has 0 atom stereocenters. The fourth-order valence-electron chi connectivity index (χ4n) is 3.37. The zero-order valence-corrected chi connectivity index (χ0v) is 18.5. The Balaban J connectivity index is 1.87. The Kier molecular flexibility index (Phi) is 6.53. The van der Waals surface area contributed by atoms with Crippen molar-refractivity contribution in [3.05, 3.63) is 53.6 Å². The standard InChI is InChI=1S/C24H27F3N2O3/c1-15(2)10-11-29-19-9-8-18(13-20(19)32-14-23(3,4)22(29)31)28-21(30)16-6-5-7-17(12-16)24(25,26)27/h5-9,12-13,15H,10-11,14H2,1-4H3,(H,28,30). The third-order valence-electron chi connectivity index (χ3n) is 5.30. The van der Waals surface area contributed by atoms with E-state index < -0.39 is 23.1 Å². The molecule has 2 amide bonds. The van der Waals surface area contributed by atoms with Crippen molar-refractivity contribution in [2.45, 2.75) is 40.3 Å². The van der Waals surface area contributed by atoms with Gasteiger partial charge in [0, 0.05) is 23.9 Å². The van der Waals surface area contributed by atoms with E-state index in [0.29, 0.717) is 29.6 Å². The van der Waals surface area contributed by atoms with Gasteiger partial charge >= 0.3 is 6.18 Å². The van der Waals surface area contributed by atoms with Gasteiger partial charge in [0.15, 0.2) is 0 Å². The average Bonchev–Trinajstić information content (AvgIpc) is 2.81. The highest BCUT2D eigenvalue weighted by Gasteiger charge is 2.37. The zero-order chi connectivity index (χ0) is 23.7. The third kappa shape index (κ3) is 5.23. The van der Waals surface area contributed by atoms with Crippen LogP contribution in [0.4, 0.5) is 24.5 Å². The number of nitrogens with one attached hydrogen (secondary N) is 1. The van der Waals surface area contributed by atoms with Crippen LogP contribution in [0, 0.1) is 11.3 Å². The lowest BCUT2D eigenvalue weighted by atomic mass is 9.92. The number of hydrogen-bond donors (Lipinski definition) is 1. The van der Waals surface area contributed by atoms with Crippen molar-refractivity contribution >= 4 is 23.2 Å². The molecule has 0 fully saturated rings. The quantitative estimate of drug-likeness (QED) is 0.633. The van der Waals surface area contributed by atoms with Gasteiger partial charge in [0.05, 0.1) is 16.7 Å². The summed E-state index contributed by atoms with van der Waals surface area (Å²) in [6.45, 7) is 8.50. The highest BCUT2D eigenvalue weighted by molar-refractivity contribution is 6.05. The van der Waals surface area contributed by atoms with Crippen LogP contribution in [0.25, 0.3) is 0 Å². The van der Waals surface area contributed by atoms with Crippen LogP contribution in [0.1, 0.15) is 50.0 Å². The molecule has 32 heavy (non-hydrogen) atoms. The normalized spacial score (nSPS) is 15.8. The molecule has 0 aliphatic carbocycles. The first-order valence-electron chi connectivity index (χ1n) is 10.5. The Morgan fingerprint density at radius 1 is 1.19 bits per heavy atom. The molecule has 0 unspecified atom stereocenters. The lowest BCUT2D eigenvalue weighted by Crippen LogP contribution is -2.42. The summed E-state index contributed by atoms with van der Waals surface area (Å²) in [4.78, 5) is 27.3. The van der Waals surface area contributed by atoms with Gasteiger partial charge in [-0.25, -0.2) is 0 Å². The first-order valence-corrected chi connectivity index (χ1v) is 10.5. The zero-order valence-electron chi connectivity index (χ0n) is 18.5. The fourth-order valence-corrected chi connectivity index (χ4v) is 3.37. The van der Waals surface area contributed by atoms with E-state index in [1.54, 1.807) is 23.1 Å². The molecule has 0 saturated carbocycles. The van der Waals surface area contributed by atoms with Crippen molar-refractivity contribution in [3.63, 3.8) is 0 Å². The summed E-state index contributed by atoms with van der Waals surface area (Å²) >= 11 is 0. The molecule has 0 aromatic heterocycles. The maximum Gasteiger partial charge on any atom is 0.416 e. The Morgan fingerprint density at radius 2 is 1.91 bits per heavy atom. The van der Waals surface area contributed by atoms with Gasteiger partial charge < -0.3 is 15.0 Å². The number of carbonyl (C=O) groups is 2. The molecule has 8 heteroatoms. The molecule has 2 aromatic rings. The predicted octanol–water partition coefficient (Wildman–Crippen LogP) is 5.76. The maximum atomic E-state index is 13.1. The van der Waals surface area contributed by atoms with E-state index in [1.807, 2.05) is 13.8 Å². The number of hydrogen-bond acceptors (Lipinski definition) is 3. The maximum absolute atomic E-state index is 13.1. The summed E-state index contributed by atoms with van der Waals surface area (Å²) in [6, 6.07) is 9.13. The van der Waals surface area contributed by atoms with E-state index in [0.717, 1.165) is 18.6 Å². The van der Waals surface area contributed by atoms with Gasteiger partial charge in [0.1, 0.15) is 12.4 Å². The number of halogens is 3. The third-order valence-corrected chi connectivity index (χ3v) is 5.30. The monoisotopic (exact) mass is 448 g/mol. The van der Waals surface area contributed by atoms with Crippen LogP contribution in [0.5, 0.6) is 5.75 Å². The van der Waals surface area contributed by atoms with Crippen molar-refractivity contribution in [3.8, 4) is 5.75 Å². The predicted molar refractivity (Wildman–Crippen MR) is 117 cm³/mol. The molecule has 1 N–H and O–H groups in total. The lowest BCUT2D eigenvalue weighted by molar-refractivity contribution is -0.137. The van der Waals surface area contributed by atoms with Gasteiger partial charge in [0.2, 0.25) is 5.91 Å².